The monoisotopic (exact) mass is 530 g/mol. The number of thioether (sulfide) groups is 1. The third-order valence-electron chi connectivity index (χ3n) is 6.64. The van der Waals surface area contributed by atoms with Crippen LogP contribution in [-0.2, 0) is 16.2 Å². The number of carbonyl (C=O) groups is 2. The standard InChI is InChI=1S/C28H22N2O5S2/c1-34-19-13-9-18(10-14-19)30-26(31)22-21(23-25(29-28(33)37-23)36-24(22)27(30)32)17-7-11-20(12-8-17)35-15-16-5-3-2-4-6-16/h2-14,21-22,24H,15H2,1H3,(H,29,33)/t21-,22-,24+/m0/s1. The van der Waals surface area contributed by atoms with E-state index < -0.39 is 17.1 Å². The fraction of sp³-hybridized carbons (Fsp3) is 0.179. The molecule has 1 saturated heterocycles. The lowest BCUT2D eigenvalue weighted by atomic mass is 9.83. The first-order chi connectivity index (χ1) is 18.0. The molecule has 0 unspecified atom stereocenters. The van der Waals surface area contributed by atoms with Gasteiger partial charge >= 0.3 is 4.87 Å². The number of thiazole rings is 1. The Bertz CT molecular complexity index is 1510. The number of H-pyrrole nitrogens is 1. The number of anilines is 1. The van der Waals surface area contributed by atoms with Gasteiger partial charge in [0.05, 0.1) is 23.7 Å². The van der Waals surface area contributed by atoms with Crippen molar-refractivity contribution >= 4 is 40.6 Å². The van der Waals surface area contributed by atoms with Crippen LogP contribution < -0.4 is 19.2 Å². The summed E-state index contributed by atoms with van der Waals surface area (Å²) < 4.78 is 11.1. The summed E-state index contributed by atoms with van der Waals surface area (Å²) >= 11 is 2.36. The average Bonchev–Trinajstić information content (AvgIpc) is 3.42. The Balaban J connectivity index is 1.33. The van der Waals surface area contributed by atoms with Crippen molar-refractivity contribution in [2.24, 2.45) is 5.92 Å². The molecule has 2 aliphatic rings. The molecular formula is C28H22N2O5S2. The summed E-state index contributed by atoms with van der Waals surface area (Å²) in [6, 6.07) is 24.3. The summed E-state index contributed by atoms with van der Waals surface area (Å²) in [5, 5.41) is 0.0229. The van der Waals surface area contributed by atoms with Crippen LogP contribution in [-0.4, -0.2) is 29.2 Å². The number of rotatable bonds is 6. The predicted octanol–water partition coefficient (Wildman–Crippen LogP) is 4.82. The van der Waals surface area contributed by atoms with Gasteiger partial charge in [-0.1, -0.05) is 65.6 Å². The van der Waals surface area contributed by atoms with Crippen LogP contribution in [0.1, 0.15) is 21.9 Å². The lowest BCUT2D eigenvalue weighted by molar-refractivity contribution is -0.122. The van der Waals surface area contributed by atoms with Crippen LogP contribution in [0.2, 0.25) is 0 Å². The molecule has 3 atom stereocenters. The molecule has 0 saturated carbocycles. The number of ether oxygens (including phenoxy) is 2. The Hall–Kier alpha value is -3.82. The molecule has 1 fully saturated rings. The molecule has 2 amide bonds. The van der Waals surface area contributed by atoms with Crippen molar-refractivity contribution in [2.45, 2.75) is 22.8 Å². The van der Waals surface area contributed by atoms with E-state index in [1.165, 1.54) is 16.7 Å². The zero-order valence-corrected chi connectivity index (χ0v) is 21.4. The van der Waals surface area contributed by atoms with E-state index in [0.717, 1.165) is 27.3 Å². The summed E-state index contributed by atoms with van der Waals surface area (Å²) in [5.74, 6) is -0.265. The number of nitrogens with zero attached hydrogens (tertiary/aromatic N) is 1. The Morgan fingerprint density at radius 3 is 2.27 bits per heavy atom. The number of aromatic amines is 1. The van der Waals surface area contributed by atoms with Crippen LogP contribution in [0.3, 0.4) is 0 Å². The first kappa shape index (κ1) is 23.6. The summed E-state index contributed by atoms with van der Waals surface area (Å²) in [6.07, 6.45) is 0. The molecule has 7 nitrogen and oxygen atoms in total. The van der Waals surface area contributed by atoms with Gasteiger partial charge in [-0.2, -0.15) is 0 Å². The summed E-state index contributed by atoms with van der Waals surface area (Å²) in [5.41, 5.74) is 2.43. The molecule has 6 rings (SSSR count). The molecule has 0 radical (unpaired) electrons. The van der Waals surface area contributed by atoms with Gasteiger partial charge in [0.15, 0.2) is 0 Å². The third kappa shape index (κ3) is 4.24. The molecule has 3 heterocycles. The van der Waals surface area contributed by atoms with Gasteiger partial charge in [-0.15, -0.1) is 0 Å². The van der Waals surface area contributed by atoms with Crippen molar-refractivity contribution in [3.05, 3.63) is 105 Å². The highest BCUT2D eigenvalue weighted by Gasteiger charge is 2.56. The first-order valence-corrected chi connectivity index (χ1v) is 13.4. The number of amides is 2. The number of hydrogen-bond acceptors (Lipinski definition) is 7. The van der Waals surface area contributed by atoms with E-state index in [0.29, 0.717) is 28.8 Å². The molecule has 2 aliphatic heterocycles. The van der Waals surface area contributed by atoms with E-state index in [4.69, 9.17) is 9.47 Å². The van der Waals surface area contributed by atoms with Crippen molar-refractivity contribution in [1.82, 2.24) is 4.98 Å². The lowest BCUT2D eigenvalue weighted by Crippen LogP contribution is -2.32. The Kier molecular flexibility index (Phi) is 6.10. The minimum atomic E-state index is -0.633. The van der Waals surface area contributed by atoms with Gasteiger partial charge < -0.3 is 14.5 Å². The van der Waals surface area contributed by atoms with E-state index in [9.17, 15) is 14.4 Å². The predicted molar refractivity (Wildman–Crippen MR) is 143 cm³/mol. The minimum Gasteiger partial charge on any atom is -0.497 e. The Labute approximate surface area is 221 Å². The first-order valence-electron chi connectivity index (χ1n) is 11.7. The fourth-order valence-corrected chi connectivity index (χ4v) is 7.39. The zero-order chi connectivity index (χ0) is 25.5. The largest absolute Gasteiger partial charge is 0.497 e. The Morgan fingerprint density at radius 2 is 1.57 bits per heavy atom. The molecule has 0 aliphatic carbocycles. The van der Waals surface area contributed by atoms with Crippen LogP contribution in [0.25, 0.3) is 0 Å². The molecule has 1 aromatic heterocycles. The molecule has 3 aromatic carbocycles. The number of carbonyl (C=O) groups excluding carboxylic acids is 2. The third-order valence-corrected chi connectivity index (χ3v) is 9.04. The summed E-state index contributed by atoms with van der Waals surface area (Å²) in [6.45, 7) is 0.443. The lowest BCUT2D eigenvalue weighted by Gasteiger charge is -2.29. The number of nitrogens with one attached hydrogen (secondary N) is 1. The summed E-state index contributed by atoms with van der Waals surface area (Å²) in [7, 11) is 1.56. The van der Waals surface area contributed by atoms with Crippen molar-refractivity contribution in [2.75, 3.05) is 12.0 Å². The molecule has 1 N–H and O–H groups in total. The molecule has 9 heteroatoms. The van der Waals surface area contributed by atoms with Gasteiger partial charge in [0.1, 0.15) is 23.4 Å². The van der Waals surface area contributed by atoms with Crippen LogP contribution in [0.15, 0.2) is 88.7 Å². The molecule has 0 spiro atoms. The molecule has 4 aromatic rings. The minimum absolute atomic E-state index is 0.197. The molecule has 0 bridgehead atoms. The van der Waals surface area contributed by atoms with Gasteiger partial charge in [-0.3, -0.25) is 14.4 Å². The highest BCUT2D eigenvalue weighted by molar-refractivity contribution is 8.00. The number of methoxy groups -OCH3 is 1. The topological polar surface area (TPSA) is 88.7 Å². The Morgan fingerprint density at radius 1 is 0.865 bits per heavy atom. The van der Waals surface area contributed by atoms with Crippen molar-refractivity contribution in [3.63, 3.8) is 0 Å². The van der Waals surface area contributed by atoms with Crippen LogP contribution >= 0.6 is 23.1 Å². The number of aromatic nitrogens is 1. The number of imide groups is 1. The second kappa shape index (κ2) is 9.57. The van der Waals surface area contributed by atoms with E-state index >= 15 is 0 Å². The fourth-order valence-electron chi connectivity index (χ4n) is 4.87. The van der Waals surface area contributed by atoms with Crippen molar-refractivity contribution in [3.8, 4) is 11.5 Å². The van der Waals surface area contributed by atoms with Crippen molar-refractivity contribution < 1.29 is 19.1 Å². The maximum Gasteiger partial charge on any atom is 0.305 e. The summed E-state index contributed by atoms with van der Waals surface area (Å²) in [4.78, 5) is 44.3. The van der Waals surface area contributed by atoms with Gasteiger partial charge in [0, 0.05) is 10.8 Å². The van der Waals surface area contributed by atoms with Crippen LogP contribution in [0.5, 0.6) is 11.5 Å². The highest BCUT2D eigenvalue weighted by atomic mass is 32.2. The maximum absolute atomic E-state index is 13.8. The van der Waals surface area contributed by atoms with E-state index in [-0.39, 0.29) is 16.7 Å². The van der Waals surface area contributed by atoms with Gasteiger partial charge in [0.2, 0.25) is 11.8 Å². The second-order valence-corrected chi connectivity index (χ2v) is 11.0. The highest BCUT2D eigenvalue weighted by Crippen LogP contribution is 2.53. The van der Waals surface area contributed by atoms with E-state index in [2.05, 4.69) is 4.98 Å². The van der Waals surface area contributed by atoms with Gasteiger partial charge in [0.25, 0.3) is 0 Å². The number of fused-ring (bicyclic) bond motifs is 2. The molecular weight excluding hydrogens is 508 g/mol. The second-order valence-electron chi connectivity index (χ2n) is 8.80. The quantitative estimate of drug-likeness (QED) is 0.360. The molecule has 186 valence electrons. The molecule has 37 heavy (non-hydrogen) atoms. The average molecular weight is 531 g/mol. The van der Waals surface area contributed by atoms with Crippen LogP contribution in [0, 0.1) is 5.92 Å². The smallest absolute Gasteiger partial charge is 0.305 e. The number of benzene rings is 3. The zero-order valence-electron chi connectivity index (χ0n) is 19.7. The van der Waals surface area contributed by atoms with Gasteiger partial charge in [-0.05, 0) is 47.5 Å². The maximum atomic E-state index is 13.8. The SMILES string of the molecule is COc1ccc(N2C(=O)[C@H]3[C@H](c4ccc(OCc5ccccc5)cc4)c4sc(=O)[nH]c4S[C@H]3C2=O)cc1. The van der Waals surface area contributed by atoms with E-state index in [1.807, 2.05) is 54.6 Å². The van der Waals surface area contributed by atoms with Gasteiger partial charge in [-0.25, -0.2) is 4.90 Å². The number of hydrogen-bond donors (Lipinski definition) is 1. The normalized spacial score (nSPS) is 20.5. The van der Waals surface area contributed by atoms with Crippen molar-refractivity contribution in [1.29, 1.82) is 0 Å². The van der Waals surface area contributed by atoms with E-state index in [1.54, 1.807) is 31.4 Å². The van der Waals surface area contributed by atoms with Crippen LogP contribution in [0.4, 0.5) is 5.69 Å².